The van der Waals surface area contributed by atoms with Crippen LogP contribution in [0.4, 0.5) is 0 Å². The summed E-state index contributed by atoms with van der Waals surface area (Å²) in [5.74, 6) is -4.76. The Morgan fingerprint density at radius 3 is 2.44 bits per heavy atom. The number of carboxylic acids is 2. The molecule has 2 atom stereocenters. The standard InChI is InChI=1S/C12H10O6/c13-7-1-2-8-6(5-7)3-4-12(18,11(16)17)9(8)10(14)15/h1-5,9,13,18H,(H,14,15)(H,16,17). The van der Waals surface area contributed by atoms with Gasteiger partial charge in [0.15, 0.2) is 5.60 Å². The van der Waals surface area contributed by atoms with Gasteiger partial charge in [-0.3, -0.25) is 4.79 Å². The molecule has 0 aliphatic heterocycles. The lowest BCUT2D eigenvalue weighted by Crippen LogP contribution is -2.47. The molecule has 0 saturated heterocycles. The molecule has 2 rings (SSSR count). The molecule has 94 valence electrons. The van der Waals surface area contributed by atoms with E-state index in [1.54, 1.807) is 0 Å². The average molecular weight is 250 g/mol. The first-order valence-corrected chi connectivity index (χ1v) is 5.07. The number of fused-ring (bicyclic) bond motifs is 1. The number of aliphatic hydroxyl groups is 1. The lowest BCUT2D eigenvalue weighted by atomic mass is 9.76. The maximum absolute atomic E-state index is 11.2. The van der Waals surface area contributed by atoms with Gasteiger partial charge in [0.05, 0.1) is 0 Å². The number of carboxylic acid groups (broad SMARTS) is 2. The molecule has 1 aromatic rings. The van der Waals surface area contributed by atoms with Crippen molar-refractivity contribution in [2.45, 2.75) is 11.5 Å². The highest BCUT2D eigenvalue weighted by Crippen LogP contribution is 2.38. The molecule has 0 saturated carbocycles. The largest absolute Gasteiger partial charge is 0.508 e. The SMILES string of the molecule is O=C(O)C1c2ccc(O)cc2C=CC1(O)C(=O)O. The highest BCUT2D eigenvalue weighted by Gasteiger charge is 2.49. The zero-order chi connectivity index (χ0) is 13.5. The Labute approximate surface area is 101 Å². The third-order valence-electron chi connectivity index (χ3n) is 2.93. The van der Waals surface area contributed by atoms with Crippen molar-refractivity contribution in [2.24, 2.45) is 0 Å². The van der Waals surface area contributed by atoms with Crippen molar-refractivity contribution in [3.8, 4) is 5.75 Å². The van der Waals surface area contributed by atoms with E-state index in [1.807, 2.05) is 0 Å². The minimum absolute atomic E-state index is 0.0664. The Morgan fingerprint density at radius 1 is 1.22 bits per heavy atom. The second-order valence-corrected chi connectivity index (χ2v) is 4.05. The molecule has 2 unspecified atom stereocenters. The van der Waals surface area contributed by atoms with Crippen LogP contribution in [-0.2, 0) is 9.59 Å². The number of phenolic OH excluding ortho intramolecular Hbond substituents is 1. The number of hydrogen-bond acceptors (Lipinski definition) is 4. The van der Waals surface area contributed by atoms with Crippen molar-refractivity contribution in [2.75, 3.05) is 0 Å². The zero-order valence-electron chi connectivity index (χ0n) is 9.07. The first-order chi connectivity index (χ1) is 8.36. The molecule has 1 aliphatic rings. The van der Waals surface area contributed by atoms with E-state index >= 15 is 0 Å². The Hall–Kier alpha value is -2.34. The van der Waals surface area contributed by atoms with E-state index in [4.69, 9.17) is 10.2 Å². The normalized spacial score (nSPS) is 25.5. The van der Waals surface area contributed by atoms with Gasteiger partial charge < -0.3 is 20.4 Å². The summed E-state index contributed by atoms with van der Waals surface area (Å²) in [6.45, 7) is 0. The molecule has 0 amide bonds. The van der Waals surface area contributed by atoms with Crippen LogP contribution in [-0.4, -0.2) is 38.0 Å². The van der Waals surface area contributed by atoms with Crippen molar-refractivity contribution < 1.29 is 30.0 Å². The number of aromatic hydroxyl groups is 1. The van der Waals surface area contributed by atoms with E-state index < -0.39 is 23.5 Å². The first-order valence-electron chi connectivity index (χ1n) is 5.07. The van der Waals surface area contributed by atoms with E-state index in [9.17, 15) is 19.8 Å². The number of carbonyl (C=O) groups is 2. The predicted molar refractivity (Wildman–Crippen MR) is 60.1 cm³/mol. The van der Waals surface area contributed by atoms with Crippen LogP contribution in [0, 0.1) is 0 Å². The van der Waals surface area contributed by atoms with Crippen molar-refractivity contribution in [1.82, 2.24) is 0 Å². The molecule has 0 spiro atoms. The van der Waals surface area contributed by atoms with Crippen LogP contribution in [0.25, 0.3) is 6.08 Å². The van der Waals surface area contributed by atoms with Gasteiger partial charge in [-0.1, -0.05) is 12.1 Å². The quantitative estimate of drug-likeness (QED) is 0.604. The molecule has 0 radical (unpaired) electrons. The monoisotopic (exact) mass is 250 g/mol. The van der Waals surface area contributed by atoms with Crippen molar-refractivity contribution in [3.63, 3.8) is 0 Å². The summed E-state index contributed by atoms with van der Waals surface area (Å²) >= 11 is 0. The lowest BCUT2D eigenvalue weighted by molar-refractivity contribution is -0.163. The number of hydrogen-bond donors (Lipinski definition) is 4. The van der Waals surface area contributed by atoms with Crippen LogP contribution < -0.4 is 0 Å². The van der Waals surface area contributed by atoms with Crippen molar-refractivity contribution in [1.29, 1.82) is 0 Å². The van der Waals surface area contributed by atoms with Gasteiger partial charge in [-0.2, -0.15) is 0 Å². The molecule has 18 heavy (non-hydrogen) atoms. The highest BCUT2D eigenvalue weighted by molar-refractivity contribution is 5.94. The van der Waals surface area contributed by atoms with Crippen LogP contribution in [0.3, 0.4) is 0 Å². The minimum atomic E-state index is -2.49. The first kappa shape index (κ1) is 12.1. The Balaban J connectivity index is 2.66. The lowest BCUT2D eigenvalue weighted by Gasteiger charge is -2.31. The topological polar surface area (TPSA) is 115 Å². The van der Waals surface area contributed by atoms with Gasteiger partial charge in [0.25, 0.3) is 0 Å². The van der Waals surface area contributed by atoms with Gasteiger partial charge in [-0.05, 0) is 29.3 Å². The Bertz CT molecular complexity index is 562. The predicted octanol–water partition coefficient (Wildman–Crippen LogP) is 0.403. The third-order valence-corrected chi connectivity index (χ3v) is 2.93. The van der Waals surface area contributed by atoms with Crippen LogP contribution in [0.15, 0.2) is 24.3 Å². The van der Waals surface area contributed by atoms with Gasteiger partial charge in [-0.15, -0.1) is 0 Å². The van der Waals surface area contributed by atoms with Crippen LogP contribution in [0.1, 0.15) is 17.0 Å². The van der Waals surface area contributed by atoms with Gasteiger partial charge in [0.1, 0.15) is 11.7 Å². The molecule has 1 aromatic carbocycles. The average Bonchev–Trinajstić information content (AvgIpc) is 2.28. The van der Waals surface area contributed by atoms with Gasteiger partial charge in [0.2, 0.25) is 0 Å². The van der Waals surface area contributed by atoms with E-state index in [2.05, 4.69) is 0 Å². The smallest absolute Gasteiger partial charge is 0.341 e. The summed E-state index contributed by atoms with van der Waals surface area (Å²) in [6.07, 6.45) is 2.19. The fraction of sp³-hybridized carbons (Fsp3) is 0.167. The molecular formula is C12H10O6. The summed E-state index contributed by atoms with van der Waals surface area (Å²) < 4.78 is 0. The second-order valence-electron chi connectivity index (χ2n) is 4.05. The van der Waals surface area contributed by atoms with Gasteiger partial charge in [0, 0.05) is 0 Å². The zero-order valence-corrected chi connectivity index (χ0v) is 9.07. The molecule has 0 fully saturated rings. The third kappa shape index (κ3) is 1.63. The molecule has 6 heteroatoms. The molecule has 4 N–H and O–H groups in total. The van der Waals surface area contributed by atoms with Crippen LogP contribution in [0.5, 0.6) is 5.75 Å². The van der Waals surface area contributed by atoms with E-state index in [1.165, 1.54) is 24.3 Å². The fourth-order valence-corrected chi connectivity index (χ4v) is 2.04. The molecule has 1 aliphatic carbocycles. The highest BCUT2D eigenvalue weighted by atomic mass is 16.4. The molecular weight excluding hydrogens is 240 g/mol. The van der Waals surface area contributed by atoms with Crippen molar-refractivity contribution in [3.05, 3.63) is 35.4 Å². The van der Waals surface area contributed by atoms with Gasteiger partial charge in [-0.25, -0.2) is 4.79 Å². The van der Waals surface area contributed by atoms with E-state index in [0.717, 1.165) is 6.08 Å². The van der Waals surface area contributed by atoms with E-state index in [0.29, 0.717) is 5.56 Å². The van der Waals surface area contributed by atoms with Crippen LogP contribution >= 0.6 is 0 Å². The number of benzene rings is 1. The number of rotatable bonds is 2. The van der Waals surface area contributed by atoms with E-state index in [-0.39, 0.29) is 11.3 Å². The summed E-state index contributed by atoms with van der Waals surface area (Å²) in [6, 6.07) is 3.85. The summed E-state index contributed by atoms with van der Waals surface area (Å²) in [5.41, 5.74) is -1.98. The second kappa shape index (κ2) is 3.85. The maximum Gasteiger partial charge on any atom is 0.341 e. The summed E-state index contributed by atoms with van der Waals surface area (Å²) in [5, 5.41) is 37.4. The maximum atomic E-state index is 11.2. The fourth-order valence-electron chi connectivity index (χ4n) is 2.04. The van der Waals surface area contributed by atoms with Gasteiger partial charge >= 0.3 is 11.9 Å². The van der Waals surface area contributed by atoms with Crippen molar-refractivity contribution >= 4 is 18.0 Å². The molecule has 0 bridgehead atoms. The molecule has 0 heterocycles. The number of phenols is 1. The molecule has 0 aromatic heterocycles. The Morgan fingerprint density at radius 2 is 1.89 bits per heavy atom. The Kier molecular flexibility index (Phi) is 2.59. The number of aliphatic carboxylic acids is 2. The summed E-state index contributed by atoms with van der Waals surface area (Å²) in [7, 11) is 0. The van der Waals surface area contributed by atoms with Crippen LogP contribution in [0.2, 0.25) is 0 Å². The minimum Gasteiger partial charge on any atom is -0.508 e. The summed E-state index contributed by atoms with van der Waals surface area (Å²) in [4.78, 5) is 22.3. The molecule has 6 nitrogen and oxygen atoms in total.